The number of nitrogens with zero attached hydrogens (tertiary/aromatic N) is 1. The van der Waals surface area contributed by atoms with Gasteiger partial charge in [-0.2, -0.15) is 17.5 Å². The zero-order valence-corrected chi connectivity index (χ0v) is 17.0. The number of hydrogen-bond acceptors (Lipinski definition) is 4. The van der Waals surface area contributed by atoms with E-state index in [0.29, 0.717) is 18.7 Å². The molecule has 0 saturated carbocycles. The van der Waals surface area contributed by atoms with Gasteiger partial charge in [0.25, 0.3) is 5.91 Å². The molecule has 162 valence electrons. The monoisotopic (exact) mass is 442 g/mol. The second-order valence-corrected chi connectivity index (χ2v) is 8.86. The van der Waals surface area contributed by atoms with Crippen LogP contribution in [0, 0.1) is 6.92 Å². The van der Waals surface area contributed by atoms with Crippen LogP contribution in [0.4, 0.5) is 18.9 Å². The zero-order valence-electron chi connectivity index (χ0n) is 16.2. The highest BCUT2D eigenvalue weighted by atomic mass is 32.2. The molecule has 0 spiro atoms. The van der Waals surface area contributed by atoms with Gasteiger partial charge in [-0.05, 0) is 55.7 Å². The minimum atomic E-state index is -4.60. The lowest BCUT2D eigenvalue weighted by Crippen LogP contribution is -2.28. The van der Waals surface area contributed by atoms with Crippen LogP contribution in [0.25, 0.3) is 0 Å². The van der Waals surface area contributed by atoms with Gasteiger partial charge in [0.05, 0.1) is 16.1 Å². The van der Waals surface area contributed by atoms with Crippen molar-refractivity contribution in [3.8, 4) is 5.75 Å². The molecule has 1 fully saturated rings. The maximum atomic E-state index is 13.0. The standard InChI is InChI=1S/C20H21F3N2O4S/c1-14-12-15(30(27,28)25-10-4-5-11-25)8-9-18(14)29-13-19(26)24-17-7-3-2-6-16(17)20(21,22)23/h2-3,6-9,12H,4-5,10-11,13H2,1H3,(H,24,26). The van der Waals surface area contributed by atoms with E-state index in [1.165, 1.54) is 34.6 Å². The molecule has 1 amide bonds. The highest BCUT2D eigenvalue weighted by Crippen LogP contribution is 2.34. The van der Waals surface area contributed by atoms with Gasteiger partial charge in [0.15, 0.2) is 6.61 Å². The third-order valence-electron chi connectivity index (χ3n) is 4.71. The number of aryl methyl sites for hydroxylation is 1. The quantitative estimate of drug-likeness (QED) is 0.738. The van der Waals surface area contributed by atoms with Gasteiger partial charge in [0.1, 0.15) is 5.75 Å². The summed E-state index contributed by atoms with van der Waals surface area (Å²) in [5.74, 6) is -0.491. The summed E-state index contributed by atoms with van der Waals surface area (Å²) in [7, 11) is -3.58. The molecular weight excluding hydrogens is 421 g/mol. The van der Waals surface area contributed by atoms with Crippen LogP contribution in [0.2, 0.25) is 0 Å². The van der Waals surface area contributed by atoms with E-state index in [2.05, 4.69) is 5.32 Å². The second-order valence-electron chi connectivity index (χ2n) is 6.92. The van der Waals surface area contributed by atoms with Crippen molar-refractivity contribution in [3.05, 3.63) is 53.6 Å². The van der Waals surface area contributed by atoms with Crippen molar-refractivity contribution in [1.29, 1.82) is 0 Å². The molecule has 10 heteroatoms. The molecule has 0 unspecified atom stereocenters. The maximum Gasteiger partial charge on any atom is 0.418 e. The SMILES string of the molecule is Cc1cc(S(=O)(=O)N2CCCC2)ccc1OCC(=O)Nc1ccccc1C(F)(F)F. The Morgan fingerprint density at radius 2 is 1.80 bits per heavy atom. The molecule has 3 rings (SSSR count). The normalized spacial score (nSPS) is 15.2. The number of rotatable bonds is 6. The highest BCUT2D eigenvalue weighted by Gasteiger charge is 2.33. The highest BCUT2D eigenvalue weighted by molar-refractivity contribution is 7.89. The van der Waals surface area contributed by atoms with E-state index >= 15 is 0 Å². The summed E-state index contributed by atoms with van der Waals surface area (Å²) < 4.78 is 71.1. The minimum absolute atomic E-state index is 0.137. The lowest BCUT2D eigenvalue weighted by Gasteiger charge is -2.17. The molecule has 1 heterocycles. The summed E-state index contributed by atoms with van der Waals surface area (Å²) in [6.45, 7) is 2.08. The van der Waals surface area contributed by atoms with Gasteiger partial charge >= 0.3 is 6.18 Å². The fourth-order valence-electron chi connectivity index (χ4n) is 3.19. The number of nitrogens with one attached hydrogen (secondary N) is 1. The van der Waals surface area contributed by atoms with Gasteiger partial charge in [0, 0.05) is 13.1 Å². The fraction of sp³-hybridized carbons (Fsp3) is 0.350. The number of halogens is 3. The second kappa shape index (κ2) is 8.65. The number of carbonyl (C=O) groups is 1. The summed E-state index contributed by atoms with van der Waals surface area (Å²) in [5, 5.41) is 2.19. The van der Waals surface area contributed by atoms with Crippen molar-refractivity contribution in [1.82, 2.24) is 4.31 Å². The summed E-state index contributed by atoms with van der Waals surface area (Å²) >= 11 is 0. The van der Waals surface area contributed by atoms with Crippen molar-refractivity contribution in [2.75, 3.05) is 25.0 Å². The number of anilines is 1. The number of sulfonamides is 1. The Kier molecular flexibility index (Phi) is 6.37. The first-order valence-corrected chi connectivity index (χ1v) is 10.7. The summed E-state index contributed by atoms with van der Waals surface area (Å²) in [4.78, 5) is 12.2. The minimum Gasteiger partial charge on any atom is -0.483 e. The van der Waals surface area contributed by atoms with Crippen LogP contribution in [0.15, 0.2) is 47.4 Å². The van der Waals surface area contributed by atoms with Crippen LogP contribution < -0.4 is 10.1 Å². The molecule has 30 heavy (non-hydrogen) atoms. The van der Waals surface area contributed by atoms with Crippen LogP contribution in [-0.4, -0.2) is 38.3 Å². The Morgan fingerprint density at radius 3 is 2.43 bits per heavy atom. The van der Waals surface area contributed by atoms with Crippen molar-refractivity contribution in [3.63, 3.8) is 0 Å². The van der Waals surface area contributed by atoms with Gasteiger partial charge in [-0.1, -0.05) is 12.1 Å². The molecule has 1 N–H and O–H groups in total. The molecule has 0 aliphatic carbocycles. The molecule has 1 saturated heterocycles. The Hall–Kier alpha value is -2.59. The zero-order chi connectivity index (χ0) is 21.9. The Balaban J connectivity index is 1.66. The van der Waals surface area contributed by atoms with E-state index in [0.717, 1.165) is 25.0 Å². The number of ether oxygens (including phenoxy) is 1. The van der Waals surface area contributed by atoms with Crippen molar-refractivity contribution in [2.45, 2.75) is 30.8 Å². The molecule has 2 aromatic carbocycles. The van der Waals surface area contributed by atoms with Crippen LogP contribution >= 0.6 is 0 Å². The summed E-state index contributed by atoms with van der Waals surface area (Å²) in [6, 6.07) is 8.94. The summed E-state index contributed by atoms with van der Waals surface area (Å²) in [5.41, 5.74) is -0.813. The Bertz CT molecular complexity index is 1030. The third-order valence-corrected chi connectivity index (χ3v) is 6.61. The van der Waals surface area contributed by atoms with Crippen LogP contribution in [0.1, 0.15) is 24.0 Å². The molecule has 0 radical (unpaired) electrons. The van der Waals surface area contributed by atoms with Crippen LogP contribution in [0.3, 0.4) is 0 Å². The number of alkyl halides is 3. The van der Waals surface area contributed by atoms with E-state index in [4.69, 9.17) is 4.74 Å². The molecule has 0 atom stereocenters. The Labute approximate surface area is 172 Å². The number of amides is 1. The van der Waals surface area contributed by atoms with Crippen molar-refractivity contribution in [2.24, 2.45) is 0 Å². The van der Waals surface area contributed by atoms with E-state index in [-0.39, 0.29) is 16.3 Å². The van der Waals surface area contributed by atoms with E-state index in [1.54, 1.807) is 6.92 Å². The number of para-hydroxylation sites is 1. The third kappa shape index (κ3) is 4.93. The summed E-state index contributed by atoms with van der Waals surface area (Å²) in [6.07, 6.45) is -2.95. The predicted molar refractivity (Wildman–Crippen MR) is 105 cm³/mol. The van der Waals surface area contributed by atoms with E-state index < -0.39 is 34.3 Å². The van der Waals surface area contributed by atoms with Gasteiger partial charge in [0.2, 0.25) is 10.0 Å². The largest absolute Gasteiger partial charge is 0.483 e. The number of carbonyl (C=O) groups excluding carboxylic acids is 1. The van der Waals surface area contributed by atoms with E-state index in [9.17, 15) is 26.4 Å². The first kappa shape index (κ1) is 22.1. The molecular formula is C20H21F3N2O4S. The fourth-order valence-corrected chi connectivity index (χ4v) is 4.79. The molecule has 6 nitrogen and oxygen atoms in total. The average molecular weight is 442 g/mol. The van der Waals surface area contributed by atoms with Crippen LogP contribution in [0.5, 0.6) is 5.75 Å². The lowest BCUT2D eigenvalue weighted by molar-refractivity contribution is -0.137. The predicted octanol–water partition coefficient (Wildman–Crippen LogP) is 3.82. The Morgan fingerprint density at radius 1 is 1.13 bits per heavy atom. The van der Waals surface area contributed by atoms with Crippen molar-refractivity contribution < 1.29 is 31.1 Å². The van der Waals surface area contributed by atoms with Gasteiger partial charge in [-0.3, -0.25) is 4.79 Å². The number of hydrogen-bond donors (Lipinski definition) is 1. The van der Waals surface area contributed by atoms with Crippen molar-refractivity contribution >= 4 is 21.6 Å². The molecule has 0 aromatic heterocycles. The first-order valence-electron chi connectivity index (χ1n) is 9.29. The van der Waals surface area contributed by atoms with Gasteiger partial charge < -0.3 is 10.1 Å². The average Bonchev–Trinajstić information content (AvgIpc) is 3.22. The topological polar surface area (TPSA) is 75.7 Å². The molecule has 0 bridgehead atoms. The lowest BCUT2D eigenvalue weighted by atomic mass is 10.1. The maximum absolute atomic E-state index is 13.0. The first-order chi connectivity index (χ1) is 14.1. The smallest absolute Gasteiger partial charge is 0.418 e. The molecule has 1 aliphatic heterocycles. The molecule has 1 aliphatic rings. The van der Waals surface area contributed by atoms with Gasteiger partial charge in [-0.15, -0.1) is 0 Å². The molecule has 2 aromatic rings. The van der Waals surface area contributed by atoms with Gasteiger partial charge in [-0.25, -0.2) is 8.42 Å². The number of benzene rings is 2. The van der Waals surface area contributed by atoms with E-state index in [1.807, 2.05) is 0 Å². The van der Waals surface area contributed by atoms with Crippen LogP contribution in [-0.2, 0) is 21.0 Å².